The van der Waals surface area contributed by atoms with E-state index in [1.165, 1.54) is 34.6 Å². The Bertz CT molecular complexity index is 789. The number of nitrogens with zero attached hydrogens (tertiary/aromatic N) is 1. The lowest BCUT2D eigenvalue weighted by Crippen LogP contribution is -2.42. The second-order valence-electron chi connectivity index (χ2n) is 5.20. The molecule has 0 spiro atoms. The predicted octanol–water partition coefficient (Wildman–Crippen LogP) is 2.68. The molecule has 2 heterocycles. The van der Waals surface area contributed by atoms with E-state index >= 15 is 0 Å². The van der Waals surface area contributed by atoms with Gasteiger partial charge in [-0.1, -0.05) is 6.07 Å². The third-order valence-corrected chi connectivity index (χ3v) is 6.96. The highest BCUT2D eigenvalue weighted by atomic mass is 32.2. The van der Waals surface area contributed by atoms with Crippen LogP contribution in [0.15, 0.2) is 46.0 Å². The molecule has 5 nitrogen and oxygen atoms in total. The van der Waals surface area contributed by atoms with Gasteiger partial charge in [0.1, 0.15) is 16.1 Å². The quantitative estimate of drug-likeness (QED) is 0.918. The van der Waals surface area contributed by atoms with Crippen LogP contribution >= 0.6 is 11.3 Å². The van der Waals surface area contributed by atoms with Crippen LogP contribution in [0.25, 0.3) is 0 Å². The van der Waals surface area contributed by atoms with Gasteiger partial charge in [0, 0.05) is 12.2 Å². The van der Waals surface area contributed by atoms with E-state index in [1.54, 1.807) is 11.4 Å². The average Bonchev–Trinajstić information content (AvgIpc) is 3.21. The highest BCUT2D eigenvalue weighted by molar-refractivity contribution is 7.91. The summed E-state index contributed by atoms with van der Waals surface area (Å²) in [5.74, 6) is -0.792. The average molecular weight is 354 g/mol. The second kappa shape index (κ2) is 6.38. The second-order valence-corrected chi connectivity index (χ2v) is 8.27. The molecule has 8 heteroatoms. The summed E-state index contributed by atoms with van der Waals surface area (Å²) in [6.07, 6.45) is 1.10. The molecule has 1 aliphatic heterocycles. The SMILES string of the molecule is O=C(Nc1ccc(F)cc1)[C@@H]1CCCN1S(=O)(=O)c1cccs1. The summed E-state index contributed by atoms with van der Waals surface area (Å²) in [6.45, 7) is 0.321. The Kier molecular flexibility index (Phi) is 4.47. The number of halogens is 1. The number of hydrogen-bond acceptors (Lipinski definition) is 4. The normalized spacial score (nSPS) is 18.9. The monoisotopic (exact) mass is 354 g/mol. The van der Waals surface area contributed by atoms with E-state index in [9.17, 15) is 17.6 Å². The van der Waals surface area contributed by atoms with Gasteiger partial charge in [-0.15, -0.1) is 11.3 Å². The summed E-state index contributed by atoms with van der Waals surface area (Å²) in [5.41, 5.74) is 0.441. The topological polar surface area (TPSA) is 66.5 Å². The number of sulfonamides is 1. The Labute approximate surface area is 137 Å². The highest BCUT2D eigenvalue weighted by Crippen LogP contribution is 2.29. The van der Waals surface area contributed by atoms with Gasteiger partial charge in [-0.2, -0.15) is 4.31 Å². The molecular formula is C15H15FN2O3S2. The number of nitrogens with one attached hydrogen (secondary N) is 1. The summed E-state index contributed by atoms with van der Waals surface area (Å²) in [4.78, 5) is 12.4. The lowest BCUT2D eigenvalue weighted by Gasteiger charge is -2.22. The molecular weight excluding hydrogens is 339 g/mol. The minimum atomic E-state index is -3.66. The van der Waals surface area contributed by atoms with Gasteiger partial charge in [-0.05, 0) is 48.6 Å². The summed E-state index contributed by atoms with van der Waals surface area (Å²) in [5, 5.41) is 4.34. The van der Waals surface area contributed by atoms with Crippen molar-refractivity contribution in [3.05, 3.63) is 47.6 Å². The van der Waals surface area contributed by atoms with E-state index in [-0.39, 0.29) is 4.21 Å². The number of rotatable bonds is 4. The molecule has 1 aromatic heterocycles. The van der Waals surface area contributed by atoms with Gasteiger partial charge in [-0.25, -0.2) is 12.8 Å². The molecule has 1 atom stereocenters. The molecule has 0 bridgehead atoms. The third kappa shape index (κ3) is 3.29. The molecule has 2 aromatic rings. The van der Waals surface area contributed by atoms with Crippen molar-refractivity contribution in [3.8, 4) is 0 Å². The van der Waals surface area contributed by atoms with Gasteiger partial charge in [0.25, 0.3) is 10.0 Å². The molecule has 1 N–H and O–H groups in total. The van der Waals surface area contributed by atoms with Crippen molar-refractivity contribution in [1.82, 2.24) is 4.31 Å². The largest absolute Gasteiger partial charge is 0.325 e. The minimum absolute atomic E-state index is 0.235. The molecule has 0 aliphatic carbocycles. The van der Waals surface area contributed by atoms with Crippen LogP contribution in [0.3, 0.4) is 0 Å². The summed E-state index contributed by atoms with van der Waals surface area (Å²) in [6, 6.07) is 7.83. The Morgan fingerprint density at radius 3 is 2.65 bits per heavy atom. The fraction of sp³-hybridized carbons (Fsp3) is 0.267. The van der Waals surface area contributed by atoms with E-state index in [1.807, 2.05) is 0 Å². The number of amides is 1. The lowest BCUT2D eigenvalue weighted by atomic mass is 10.2. The van der Waals surface area contributed by atoms with Crippen molar-refractivity contribution >= 4 is 33.0 Å². The van der Waals surface area contributed by atoms with Gasteiger partial charge in [0.05, 0.1) is 0 Å². The maximum Gasteiger partial charge on any atom is 0.253 e. The van der Waals surface area contributed by atoms with Crippen LogP contribution in [0.5, 0.6) is 0 Å². The van der Waals surface area contributed by atoms with Crippen molar-refractivity contribution in [2.75, 3.05) is 11.9 Å². The zero-order chi connectivity index (χ0) is 16.4. The Morgan fingerprint density at radius 1 is 1.26 bits per heavy atom. The zero-order valence-electron chi connectivity index (χ0n) is 12.1. The van der Waals surface area contributed by atoms with Crippen molar-refractivity contribution in [1.29, 1.82) is 0 Å². The summed E-state index contributed by atoms with van der Waals surface area (Å²) < 4.78 is 39.6. The van der Waals surface area contributed by atoms with Crippen LogP contribution in [-0.4, -0.2) is 31.2 Å². The number of anilines is 1. The fourth-order valence-corrected chi connectivity index (χ4v) is 5.35. The first-order valence-electron chi connectivity index (χ1n) is 7.10. The van der Waals surface area contributed by atoms with Crippen molar-refractivity contribution < 1.29 is 17.6 Å². The molecule has 1 aromatic carbocycles. The maximum atomic E-state index is 12.9. The Balaban J connectivity index is 1.79. The van der Waals surface area contributed by atoms with Crippen LogP contribution < -0.4 is 5.32 Å². The van der Waals surface area contributed by atoms with E-state index in [2.05, 4.69) is 5.32 Å². The zero-order valence-corrected chi connectivity index (χ0v) is 13.7. The summed E-state index contributed by atoms with van der Waals surface area (Å²) >= 11 is 1.13. The molecule has 0 saturated carbocycles. The van der Waals surface area contributed by atoms with Crippen molar-refractivity contribution in [2.45, 2.75) is 23.1 Å². The van der Waals surface area contributed by atoms with Crippen LogP contribution in [0.1, 0.15) is 12.8 Å². The van der Waals surface area contributed by atoms with E-state index < -0.39 is 27.8 Å². The maximum absolute atomic E-state index is 12.9. The number of carbonyl (C=O) groups is 1. The Hall–Kier alpha value is -1.77. The first-order valence-corrected chi connectivity index (χ1v) is 9.42. The first-order chi connectivity index (χ1) is 11.0. The standard InChI is InChI=1S/C15H15FN2O3S2/c16-11-5-7-12(8-6-11)17-15(19)13-3-1-9-18(13)23(20,21)14-4-2-10-22-14/h2,4-8,10,13H,1,3,9H2,(H,17,19)/t13-/m0/s1. The molecule has 3 rings (SSSR count). The molecule has 1 aliphatic rings. The molecule has 23 heavy (non-hydrogen) atoms. The molecule has 122 valence electrons. The minimum Gasteiger partial charge on any atom is -0.325 e. The summed E-state index contributed by atoms with van der Waals surface area (Å²) in [7, 11) is -3.66. The van der Waals surface area contributed by atoms with Crippen LogP contribution in [0.4, 0.5) is 10.1 Å². The molecule has 0 radical (unpaired) electrons. The smallest absolute Gasteiger partial charge is 0.253 e. The molecule has 1 saturated heterocycles. The number of thiophene rings is 1. The van der Waals surface area contributed by atoms with Gasteiger partial charge < -0.3 is 5.32 Å². The molecule has 1 amide bonds. The number of carbonyl (C=O) groups excluding carboxylic acids is 1. The van der Waals surface area contributed by atoms with Crippen LogP contribution in [0, 0.1) is 5.82 Å². The number of hydrogen-bond donors (Lipinski definition) is 1. The van der Waals surface area contributed by atoms with E-state index in [0.29, 0.717) is 25.1 Å². The van der Waals surface area contributed by atoms with E-state index in [0.717, 1.165) is 11.3 Å². The van der Waals surface area contributed by atoms with Gasteiger partial charge in [-0.3, -0.25) is 4.79 Å². The van der Waals surface area contributed by atoms with Gasteiger partial charge >= 0.3 is 0 Å². The Morgan fingerprint density at radius 2 is 2.00 bits per heavy atom. The van der Waals surface area contributed by atoms with E-state index in [4.69, 9.17) is 0 Å². The molecule has 0 unspecified atom stereocenters. The first kappa shape index (κ1) is 16.1. The lowest BCUT2D eigenvalue weighted by molar-refractivity contribution is -0.119. The van der Waals surface area contributed by atoms with Gasteiger partial charge in [0.15, 0.2) is 0 Å². The van der Waals surface area contributed by atoms with Crippen LogP contribution in [0.2, 0.25) is 0 Å². The number of benzene rings is 1. The predicted molar refractivity (Wildman–Crippen MR) is 86.3 cm³/mol. The van der Waals surface area contributed by atoms with Crippen molar-refractivity contribution in [2.24, 2.45) is 0 Å². The van der Waals surface area contributed by atoms with Crippen LogP contribution in [-0.2, 0) is 14.8 Å². The highest BCUT2D eigenvalue weighted by Gasteiger charge is 2.39. The van der Waals surface area contributed by atoms with Crippen molar-refractivity contribution in [3.63, 3.8) is 0 Å². The third-order valence-electron chi connectivity index (χ3n) is 3.68. The van der Waals surface area contributed by atoms with Gasteiger partial charge in [0.2, 0.25) is 5.91 Å². The molecule has 1 fully saturated rings. The fourth-order valence-electron chi connectivity index (χ4n) is 2.57.